The Morgan fingerprint density at radius 2 is 2.38 bits per heavy atom. The van der Waals surface area contributed by atoms with Gasteiger partial charge >= 0.3 is 5.97 Å². The zero-order valence-electron chi connectivity index (χ0n) is 5.02. The molecule has 0 rings (SSSR count). The first-order chi connectivity index (χ1) is 3.81. The Balaban J connectivity index is 2.99. The van der Waals surface area contributed by atoms with E-state index in [2.05, 4.69) is 4.74 Å². The molecule has 0 spiro atoms. The second kappa shape index (κ2) is 4.69. The van der Waals surface area contributed by atoms with Gasteiger partial charge in [0.2, 0.25) is 0 Å². The Morgan fingerprint density at radius 1 is 1.75 bits per heavy atom. The lowest BCUT2D eigenvalue weighted by molar-refractivity contribution is -0.140. The van der Waals surface area contributed by atoms with Crippen molar-refractivity contribution in [3.05, 3.63) is 0 Å². The summed E-state index contributed by atoms with van der Waals surface area (Å²) in [5.74, 6) is -0.185. The van der Waals surface area contributed by atoms with Crippen molar-refractivity contribution in [2.45, 2.75) is 19.2 Å². The molecule has 0 aliphatic heterocycles. The van der Waals surface area contributed by atoms with Gasteiger partial charge < -0.3 is 4.74 Å². The summed E-state index contributed by atoms with van der Waals surface area (Å²) in [4.78, 5) is 10.3. The molecule has 2 nitrogen and oxygen atoms in total. The quantitative estimate of drug-likeness (QED) is 0.393. The Kier molecular flexibility index (Phi) is 4.42. The minimum Gasteiger partial charge on any atom is -0.469 e. The maximum Gasteiger partial charge on any atom is 0.305 e. The van der Waals surface area contributed by atoms with Crippen LogP contribution in [0.25, 0.3) is 0 Å². The Bertz CT molecular complexity index is 72.8. The third-order valence-electron chi connectivity index (χ3n) is 0.813. The van der Waals surface area contributed by atoms with Crippen LogP contribution >= 0.6 is 0 Å². The first-order valence-corrected chi connectivity index (χ1v) is 2.58. The van der Waals surface area contributed by atoms with Crippen molar-refractivity contribution in [3.8, 4) is 0 Å². The Morgan fingerprint density at radius 3 is 2.75 bits per heavy atom. The molecule has 0 heterocycles. The molecule has 0 unspecified atom stereocenters. The number of methoxy groups -OCH3 is 1. The molecule has 3 heteroatoms. The van der Waals surface area contributed by atoms with Crippen molar-refractivity contribution in [2.75, 3.05) is 7.11 Å². The average Bonchev–Trinajstić information content (AvgIpc) is 1.83. The highest BCUT2D eigenvalue weighted by Crippen LogP contribution is 1.93. The summed E-state index contributed by atoms with van der Waals surface area (Å²) in [6.45, 7) is 0. The lowest BCUT2D eigenvalue weighted by atomic mass is 10.0. The predicted octanol–water partition coefficient (Wildman–Crippen LogP) is 0.526. The predicted molar refractivity (Wildman–Crippen MR) is 31.8 cm³/mol. The Hall–Kier alpha value is -0.465. The molecule has 0 saturated carbocycles. The summed E-state index contributed by atoms with van der Waals surface area (Å²) in [5, 5.41) is 0. The summed E-state index contributed by atoms with van der Waals surface area (Å²) < 4.78 is 4.36. The van der Waals surface area contributed by atoms with Crippen molar-refractivity contribution >= 4 is 13.8 Å². The number of hydrogen-bond donors (Lipinski definition) is 0. The first kappa shape index (κ1) is 7.53. The van der Waals surface area contributed by atoms with Gasteiger partial charge in [0.25, 0.3) is 0 Å². The van der Waals surface area contributed by atoms with Crippen LogP contribution in [0.1, 0.15) is 12.8 Å². The largest absolute Gasteiger partial charge is 0.469 e. The van der Waals surface area contributed by atoms with E-state index in [-0.39, 0.29) is 5.97 Å². The van der Waals surface area contributed by atoms with Crippen molar-refractivity contribution in [1.82, 2.24) is 0 Å². The first-order valence-electron chi connectivity index (χ1n) is 2.58. The Labute approximate surface area is 50.6 Å². The van der Waals surface area contributed by atoms with Gasteiger partial charge in [0.15, 0.2) is 0 Å². The van der Waals surface area contributed by atoms with Gasteiger partial charge in [0.05, 0.1) is 15.0 Å². The van der Waals surface area contributed by atoms with E-state index >= 15 is 0 Å². The van der Waals surface area contributed by atoms with E-state index in [1.54, 1.807) is 0 Å². The van der Waals surface area contributed by atoms with Gasteiger partial charge in [0, 0.05) is 6.42 Å². The van der Waals surface area contributed by atoms with Gasteiger partial charge in [-0.15, -0.1) is 0 Å². The van der Waals surface area contributed by atoms with E-state index in [0.717, 1.165) is 0 Å². The van der Waals surface area contributed by atoms with Crippen molar-refractivity contribution in [2.24, 2.45) is 0 Å². The zero-order valence-corrected chi connectivity index (χ0v) is 5.02. The number of carbonyl (C=O) groups is 1. The minimum absolute atomic E-state index is 0.185. The summed E-state index contributed by atoms with van der Waals surface area (Å²) in [5.41, 5.74) is 0. The van der Waals surface area contributed by atoms with Gasteiger partial charge in [-0.1, -0.05) is 12.7 Å². The summed E-state index contributed by atoms with van der Waals surface area (Å²) >= 11 is 0. The molecule has 2 radical (unpaired) electrons. The fraction of sp³-hybridized carbons (Fsp3) is 0.800. The van der Waals surface area contributed by atoms with E-state index in [9.17, 15) is 4.79 Å². The second-order valence-corrected chi connectivity index (χ2v) is 1.47. The summed E-state index contributed by atoms with van der Waals surface area (Å²) in [6.07, 6.45) is 1.70. The number of rotatable bonds is 3. The second-order valence-electron chi connectivity index (χ2n) is 1.47. The summed E-state index contributed by atoms with van der Waals surface area (Å²) in [7, 11) is 6.50. The van der Waals surface area contributed by atoms with Crippen LogP contribution in [-0.2, 0) is 9.53 Å². The molecular formula is C5H9BO2. The molecule has 0 N–H and O–H groups in total. The highest BCUT2D eigenvalue weighted by atomic mass is 16.5. The highest BCUT2D eigenvalue weighted by molar-refractivity contribution is 6.08. The maximum atomic E-state index is 10.3. The normalized spacial score (nSPS) is 8.62. The third kappa shape index (κ3) is 3.72. The van der Waals surface area contributed by atoms with Crippen LogP contribution in [0.15, 0.2) is 0 Å². The fourth-order valence-corrected chi connectivity index (χ4v) is 0.348. The molecule has 0 aliphatic carbocycles. The average molecular weight is 112 g/mol. The van der Waals surface area contributed by atoms with E-state index in [4.69, 9.17) is 7.85 Å². The van der Waals surface area contributed by atoms with E-state index < -0.39 is 0 Å². The molecule has 0 fully saturated rings. The topological polar surface area (TPSA) is 26.3 Å². The smallest absolute Gasteiger partial charge is 0.305 e. The number of carbonyl (C=O) groups excluding carboxylic acids is 1. The van der Waals surface area contributed by atoms with Gasteiger partial charge in [-0.05, 0) is 0 Å². The highest BCUT2D eigenvalue weighted by Gasteiger charge is 1.95. The van der Waals surface area contributed by atoms with E-state index in [0.29, 0.717) is 19.2 Å². The van der Waals surface area contributed by atoms with Gasteiger partial charge in [-0.2, -0.15) is 0 Å². The van der Waals surface area contributed by atoms with E-state index in [1.165, 1.54) is 7.11 Å². The lowest BCUT2D eigenvalue weighted by Crippen LogP contribution is -1.98. The van der Waals surface area contributed by atoms with Crippen LogP contribution in [0.5, 0.6) is 0 Å². The van der Waals surface area contributed by atoms with Gasteiger partial charge in [-0.3, -0.25) is 4.79 Å². The zero-order chi connectivity index (χ0) is 6.41. The molecule has 0 amide bonds. The van der Waals surface area contributed by atoms with Crippen LogP contribution in [0.4, 0.5) is 0 Å². The van der Waals surface area contributed by atoms with E-state index in [1.807, 2.05) is 0 Å². The maximum absolute atomic E-state index is 10.3. The number of hydrogen-bond acceptors (Lipinski definition) is 2. The molecule has 0 atom stereocenters. The molecule has 0 aromatic heterocycles. The SMILES string of the molecule is [B]CCCC(=O)OC. The molecular weight excluding hydrogens is 103 g/mol. The molecule has 8 heavy (non-hydrogen) atoms. The van der Waals surface area contributed by atoms with Gasteiger partial charge in [-0.25, -0.2) is 0 Å². The van der Waals surface area contributed by atoms with Crippen LogP contribution < -0.4 is 0 Å². The molecule has 0 aliphatic rings. The molecule has 44 valence electrons. The standard InChI is InChI=1S/C5H9BO2/c1-8-5(7)3-2-4-6/h2-4H2,1H3. The minimum atomic E-state index is -0.185. The monoisotopic (exact) mass is 112 g/mol. The molecule has 0 aromatic carbocycles. The van der Waals surface area contributed by atoms with Crippen LogP contribution in [-0.4, -0.2) is 20.9 Å². The van der Waals surface area contributed by atoms with Crippen LogP contribution in [0.3, 0.4) is 0 Å². The van der Waals surface area contributed by atoms with Crippen molar-refractivity contribution < 1.29 is 9.53 Å². The van der Waals surface area contributed by atoms with Crippen molar-refractivity contribution in [3.63, 3.8) is 0 Å². The van der Waals surface area contributed by atoms with Crippen LogP contribution in [0, 0.1) is 0 Å². The summed E-state index contributed by atoms with van der Waals surface area (Å²) in [6, 6.07) is 0. The van der Waals surface area contributed by atoms with Gasteiger partial charge in [0.1, 0.15) is 0 Å². The lowest BCUT2D eigenvalue weighted by Gasteiger charge is -1.93. The van der Waals surface area contributed by atoms with Crippen molar-refractivity contribution in [1.29, 1.82) is 0 Å². The fourth-order valence-electron chi connectivity index (χ4n) is 0.348. The third-order valence-corrected chi connectivity index (χ3v) is 0.813. The molecule has 0 bridgehead atoms. The van der Waals surface area contributed by atoms with Crippen LogP contribution in [0.2, 0.25) is 6.32 Å². The number of ether oxygens (including phenoxy) is 1. The number of esters is 1. The molecule has 0 saturated heterocycles. The molecule has 0 aromatic rings.